The molecular weight excluding hydrogens is 234 g/mol. The van der Waals surface area contributed by atoms with Gasteiger partial charge in [-0.1, -0.05) is 53.7 Å². The minimum Gasteiger partial charge on any atom is -0.496 e. The van der Waals surface area contributed by atoms with Crippen LogP contribution in [0.1, 0.15) is 71.2 Å². The van der Waals surface area contributed by atoms with Gasteiger partial charge in [0.15, 0.2) is 0 Å². The van der Waals surface area contributed by atoms with E-state index in [0.29, 0.717) is 0 Å². The zero-order valence-corrected chi connectivity index (χ0v) is 13.7. The maximum atomic E-state index is 6.09. The number of methoxy groups -OCH3 is 1. The summed E-state index contributed by atoms with van der Waals surface area (Å²) in [5, 5.41) is 0. The Labute approximate surface area is 118 Å². The van der Waals surface area contributed by atoms with Crippen molar-refractivity contribution in [3.05, 3.63) is 28.8 Å². The van der Waals surface area contributed by atoms with Gasteiger partial charge < -0.3 is 10.5 Å². The quantitative estimate of drug-likeness (QED) is 0.863. The first-order valence-electron chi connectivity index (χ1n) is 6.97. The molecule has 0 spiro atoms. The molecule has 2 N–H and O–H groups in total. The smallest absolute Gasteiger partial charge is 0.126 e. The minimum absolute atomic E-state index is 0.0353. The summed E-state index contributed by atoms with van der Waals surface area (Å²) < 4.78 is 5.72. The third-order valence-electron chi connectivity index (χ3n) is 3.46. The second-order valence-electron chi connectivity index (χ2n) is 7.44. The van der Waals surface area contributed by atoms with E-state index in [1.807, 2.05) is 6.92 Å². The van der Waals surface area contributed by atoms with Crippen LogP contribution in [0.4, 0.5) is 0 Å². The van der Waals surface area contributed by atoms with Gasteiger partial charge >= 0.3 is 0 Å². The maximum Gasteiger partial charge on any atom is 0.126 e. The maximum absolute atomic E-state index is 6.09. The molecule has 1 atom stereocenters. The van der Waals surface area contributed by atoms with Crippen LogP contribution in [0.25, 0.3) is 0 Å². The average Bonchev–Trinajstić information content (AvgIpc) is 2.24. The molecule has 0 aliphatic heterocycles. The Bertz CT molecular complexity index is 412. The van der Waals surface area contributed by atoms with Gasteiger partial charge in [-0.3, -0.25) is 0 Å². The van der Waals surface area contributed by atoms with Gasteiger partial charge in [0.1, 0.15) is 5.75 Å². The topological polar surface area (TPSA) is 35.2 Å². The second-order valence-corrected chi connectivity index (χ2v) is 7.44. The molecule has 1 aromatic rings. The molecule has 108 valence electrons. The summed E-state index contributed by atoms with van der Waals surface area (Å²) >= 11 is 0. The van der Waals surface area contributed by atoms with Crippen molar-refractivity contribution < 1.29 is 4.74 Å². The molecule has 19 heavy (non-hydrogen) atoms. The van der Waals surface area contributed by atoms with Crippen LogP contribution in [-0.4, -0.2) is 7.11 Å². The van der Waals surface area contributed by atoms with E-state index >= 15 is 0 Å². The zero-order chi connectivity index (χ0) is 15.0. The first kappa shape index (κ1) is 16.0. The van der Waals surface area contributed by atoms with Crippen LogP contribution in [0.15, 0.2) is 12.1 Å². The van der Waals surface area contributed by atoms with E-state index in [0.717, 1.165) is 5.75 Å². The van der Waals surface area contributed by atoms with Crippen molar-refractivity contribution >= 4 is 0 Å². The average molecular weight is 263 g/mol. The molecule has 0 radical (unpaired) electrons. The highest BCUT2D eigenvalue weighted by Crippen LogP contribution is 2.41. The lowest BCUT2D eigenvalue weighted by molar-refractivity contribution is 0.381. The van der Waals surface area contributed by atoms with Crippen LogP contribution in [0, 0.1) is 0 Å². The van der Waals surface area contributed by atoms with Crippen LogP contribution in [0.2, 0.25) is 0 Å². The summed E-state index contributed by atoms with van der Waals surface area (Å²) in [6.45, 7) is 15.3. The Kier molecular flexibility index (Phi) is 4.36. The summed E-state index contributed by atoms with van der Waals surface area (Å²) in [5.41, 5.74) is 9.80. The standard InChI is InChI=1S/C17H29NO/c1-11(18)12-9-13(16(2,3)4)15(19-8)14(10-12)17(5,6)7/h9-11H,18H2,1-8H3. The predicted octanol–water partition coefficient (Wildman–Crippen LogP) is 4.31. The van der Waals surface area contributed by atoms with Gasteiger partial charge in [-0.25, -0.2) is 0 Å². The first-order chi connectivity index (χ1) is 8.48. The molecule has 0 aliphatic carbocycles. The van der Waals surface area contributed by atoms with Crippen molar-refractivity contribution in [2.75, 3.05) is 7.11 Å². The summed E-state index contributed by atoms with van der Waals surface area (Å²) in [7, 11) is 1.76. The van der Waals surface area contributed by atoms with E-state index in [1.54, 1.807) is 7.11 Å². The van der Waals surface area contributed by atoms with Gasteiger partial charge in [-0.15, -0.1) is 0 Å². The Morgan fingerprint density at radius 3 is 1.53 bits per heavy atom. The molecular formula is C17H29NO. The van der Waals surface area contributed by atoms with E-state index in [-0.39, 0.29) is 16.9 Å². The molecule has 0 saturated carbocycles. The van der Waals surface area contributed by atoms with Gasteiger partial charge in [-0.2, -0.15) is 0 Å². The lowest BCUT2D eigenvalue weighted by Gasteiger charge is -2.30. The van der Waals surface area contributed by atoms with Gasteiger partial charge in [0.2, 0.25) is 0 Å². The Balaban J connectivity index is 3.67. The number of ether oxygens (including phenoxy) is 1. The molecule has 1 rings (SSSR count). The molecule has 0 fully saturated rings. The third-order valence-corrected chi connectivity index (χ3v) is 3.46. The lowest BCUT2D eigenvalue weighted by atomic mass is 9.78. The lowest BCUT2D eigenvalue weighted by Crippen LogP contribution is -2.21. The van der Waals surface area contributed by atoms with E-state index in [9.17, 15) is 0 Å². The van der Waals surface area contributed by atoms with Crippen LogP contribution in [-0.2, 0) is 10.8 Å². The Hall–Kier alpha value is -1.02. The van der Waals surface area contributed by atoms with E-state index in [2.05, 4.69) is 53.7 Å². The molecule has 0 aliphatic rings. The fourth-order valence-electron chi connectivity index (χ4n) is 2.25. The summed E-state index contributed by atoms with van der Waals surface area (Å²) in [6, 6.07) is 4.42. The minimum atomic E-state index is 0.0353. The van der Waals surface area contributed by atoms with Crippen LogP contribution < -0.4 is 10.5 Å². The third kappa shape index (κ3) is 3.50. The second kappa shape index (κ2) is 5.16. The molecule has 0 aromatic heterocycles. The van der Waals surface area contributed by atoms with Crippen LogP contribution in [0.5, 0.6) is 5.75 Å². The van der Waals surface area contributed by atoms with Crippen LogP contribution in [0.3, 0.4) is 0 Å². The van der Waals surface area contributed by atoms with Gasteiger partial charge in [0.25, 0.3) is 0 Å². The fourth-order valence-corrected chi connectivity index (χ4v) is 2.25. The number of rotatable bonds is 2. The summed E-state index contributed by atoms with van der Waals surface area (Å²) in [4.78, 5) is 0. The Morgan fingerprint density at radius 1 is 0.947 bits per heavy atom. The summed E-state index contributed by atoms with van der Waals surface area (Å²) in [6.07, 6.45) is 0. The van der Waals surface area contributed by atoms with Crippen molar-refractivity contribution in [3.8, 4) is 5.75 Å². The molecule has 1 unspecified atom stereocenters. The van der Waals surface area contributed by atoms with Gasteiger partial charge in [-0.05, 0) is 23.3 Å². The number of nitrogens with two attached hydrogens (primary N) is 1. The predicted molar refractivity (Wildman–Crippen MR) is 83.0 cm³/mol. The zero-order valence-electron chi connectivity index (χ0n) is 13.7. The molecule has 2 heteroatoms. The van der Waals surface area contributed by atoms with E-state index in [4.69, 9.17) is 10.5 Å². The number of hydrogen-bond donors (Lipinski definition) is 1. The molecule has 0 amide bonds. The normalized spacial score (nSPS) is 14.4. The number of benzene rings is 1. The van der Waals surface area contributed by atoms with Crippen molar-refractivity contribution in [1.29, 1.82) is 0 Å². The highest BCUT2D eigenvalue weighted by Gasteiger charge is 2.27. The molecule has 1 aromatic carbocycles. The largest absolute Gasteiger partial charge is 0.496 e. The van der Waals surface area contributed by atoms with Crippen molar-refractivity contribution in [3.63, 3.8) is 0 Å². The van der Waals surface area contributed by atoms with Crippen molar-refractivity contribution in [1.82, 2.24) is 0 Å². The molecule has 2 nitrogen and oxygen atoms in total. The van der Waals surface area contributed by atoms with E-state index in [1.165, 1.54) is 16.7 Å². The molecule has 0 saturated heterocycles. The highest BCUT2D eigenvalue weighted by atomic mass is 16.5. The first-order valence-corrected chi connectivity index (χ1v) is 6.97. The highest BCUT2D eigenvalue weighted by molar-refractivity contribution is 5.51. The SMILES string of the molecule is COc1c(C(C)(C)C)cc(C(C)N)cc1C(C)(C)C. The van der Waals surface area contributed by atoms with Crippen molar-refractivity contribution in [2.45, 2.75) is 65.3 Å². The summed E-state index contributed by atoms with van der Waals surface area (Å²) in [5.74, 6) is 1.00. The van der Waals surface area contributed by atoms with Crippen LogP contribution >= 0.6 is 0 Å². The fraction of sp³-hybridized carbons (Fsp3) is 0.647. The van der Waals surface area contributed by atoms with Gasteiger partial charge in [0.05, 0.1) is 7.11 Å². The van der Waals surface area contributed by atoms with Crippen molar-refractivity contribution in [2.24, 2.45) is 5.73 Å². The van der Waals surface area contributed by atoms with Gasteiger partial charge in [0, 0.05) is 17.2 Å². The number of hydrogen-bond acceptors (Lipinski definition) is 2. The monoisotopic (exact) mass is 263 g/mol. The molecule has 0 bridgehead atoms. The molecule has 0 heterocycles. The Morgan fingerprint density at radius 2 is 1.32 bits per heavy atom. The van der Waals surface area contributed by atoms with E-state index < -0.39 is 0 Å².